The maximum absolute atomic E-state index is 13.3. The van der Waals surface area contributed by atoms with Gasteiger partial charge in [0.05, 0.1) is 6.33 Å². The third-order valence-electron chi connectivity index (χ3n) is 7.10. The quantitative estimate of drug-likeness (QED) is 0.149. The summed E-state index contributed by atoms with van der Waals surface area (Å²) in [6.07, 6.45) is 22.7. The number of carbonyl (C=O) groups is 4. The van der Waals surface area contributed by atoms with Gasteiger partial charge in [-0.1, -0.05) is 89.9 Å². The largest absolute Gasteiger partial charge is 0.352 e. The van der Waals surface area contributed by atoms with E-state index in [0.29, 0.717) is 25.2 Å². The fraction of sp³-hybridized carbons (Fsp3) is 0.645. The van der Waals surface area contributed by atoms with Gasteiger partial charge in [0, 0.05) is 37.8 Å². The lowest BCUT2D eigenvalue weighted by Crippen LogP contribution is -2.54. The Morgan fingerprint density at radius 1 is 1.02 bits per heavy atom. The highest BCUT2D eigenvalue weighted by Crippen LogP contribution is 2.11. The summed E-state index contributed by atoms with van der Waals surface area (Å²) in [5.41, 5.74) is 0.690. The summed E-state index contributed by atoms with van der Waals surface area (Å²) >= 11 is 0. The predicted molar refractivity (Wildman–Crippen MR) is 161 cm³/mol. The van der Waals surface area contributed by atoms with E-state index in [1.807, 2.05) is 6.92 Å². The minimum atomic E-state index is -0.901. The molecule has 0 fully saturated rings. The molecule has 1 unspecified atom stereocenters. The average Bonchev–Trinajstić information content (AvgIpc) is 3.46. The summed E-state index contributed by atoms with van der Waals surface area (Å²) in [7, 11) is 0. The molecule has 0 aliphatic carbocycles. The highest BCUT2D eigenvalue weighted by molar-refractivity contribution is 5.94. The Balaban J connectivity index is 1.86. The number of hydrogen-bond acceptors (Lipinski definition) is 5. The van der Waals surface area contributed by atoms with Crippen LogP contribution in [-0.2, 0) is 20.8 Å². The Bertz CT molecular complexity index is 975. The molecule has 5 N–H and O–H groups in total. The topological polar surface area (TPSA) is 145 Å². The van der Waals surface area contributed by atoms with Gasteiger partial charge in [-0.25, -0.2) is 9.78 Å². The maximum atomic E-state index is 13.3. The van der Waals surface area contributed by atoms with E-state index in [1.54, 1.807) is 24.4 Å². The van der Waals surface area contributed by atoms with E-state index in [4.69, 9.17) is 0 Å². The fourth-order valence-corrected chi connectivity index (χ4v) is 4.67. The molecule has 1 aromatic rings. The molecule has 2 heterocycles. The Morgan fingerprint density at radius 2 is 1.73 bits per heavy atom. The molecular weight excluding hydrogens is 520 g/mol. The lowest BCUT2D eigenvalue weighted by Gasteiger charge is -2.22. The van der Waals surface area contributed by atoms with Crippen LogP contribution in [0.4, 0.5) is 4.79 Å². The zero-order valence-corrected chi connectivity index (χ0v) is 24.9. The number of rotatable bonds is 16. The molecule has 10 heteroatoms. The van der Waals surface area contributed by atoms with Crippen molar-refractivity contribution >= 4 is 23.6 Å². The SMILES string of the molecule is CCCCCCCCCCCCNC(=O)NC(Cc1cnc[nH]1)C(=O)N[C@H]1/C=C/CCNC(=O)/C=C/[C@H](C)CC1=O. The summed E-state index contributed by atoms with van der Waals surface area (Å²) in [5.74, 6) is -0.989. The van der Waals surface area contributed by atoms with Crippen LogP contribution in [-0.4, -0.2) is 58.8 Å². The molecule has 0 saturated carbocycles. The monoisotopic (exact) mass is 570 g/mol. The smallest absolute Gasteiger partial charge is 0.315 e. The molecule has 41 heavy (non-hydrogen) atoms. The van der Waals surface area contributed by atoms with E-state index in [2.05, 4.69) is 38.2 Å². The summed E-state index contributed by atoms with van der Waals surface area (Å²) in [5, 5.41) is 11.2. The number of nitrogens with one attached hydrogen (secondary N) is 5. The van der Waals surface area contributed by atoms with Crippen molar-refractivity contribution in [2.24, 2.45) is 5.92 Å². The lowest BCUT2D eigenvalue weighted by molar-refractivity contribution is -0.128. The number of imidazole rings is 1. The van der Waals surface area contributed by atoms with Crippen LogP contribution in [0, 0.1) is 5.92 Å². The number of hydrogen-bond donors (Lipinski definition) is 5. The van der Waals surface area contributed by atoms with Crippen LogP contribution < -0.4 is 21.3 Å². The Morgan fingerprint density at radius 3 is 2.41 bits per heavy atom. The number of nitrogens with zero attached hydrogens (tertiary/aromatic N) is 1. The van der Waals surface area contributed by atoms with Gasteiger partial charge in [0.15, 0.2) is 5.78 Å². The summed E-state index contributed by atoms with van der Waals surface area (Å²) < 4.78 is 0. The number of carbonyl (C=O) groups excluding carboxylic acids is 4. The molecule has 0 aromatic carbocycles. The van der Waals surface area contributed by atoms with Crippen molar-refractivity contribution in [2.75, 3.05) is 13.1 Å². The van der Waals surface area contributed by atoms with Crippen LogP contribution in [0.25, 0.3) is 0 Å². The lowest BCUT2D eigenvalue weighted by atomic mass is 9.98. The number of H-pyrrole nitrogens is 1. The van der Waals surface area contributed by atoms with E-state index in [0.717, 1.165) is 19.3 Å². The number of Topliss-reactive ketones (excluding diaryl/α,β-unsaturated/α-hetero) is 1. The molecule has 0 radical (unpaired) electrons. The van der Waals surface area contributed by atoms with Gasteiger partial charge in [0.1, 0.15) is 12.1 Å². The van der Waals surface area contributed by atoms with Crippen LogP contribution in [0.5, 0.6) is 0 Å². The van der Waals surface area contributed by atoms with Gasteiger partial charge in [-0.05, 0) is 24.8 Å². The van der Waals surface area contributed by atoms with Crippen LogP contribution >= 0.6 is 0 Å². The van der Waals surface area contributed by atoms with Crippen molar-refractivity contribution in [3.05, 3.63) is 42.5 Å². The molecular formula is C31H50N6O4. The standard InChI is InChI=1S/C31H50N6O4/c1-3-4-5-6-7-8-9-10-11-13-19-34-31(41)37-27(21-25-22-32-23-35-25)30(40)36-26-15-12-14-18-33-29(39)17-16-24(2)20-28(26)38/h12,15-17,22-24,26-27H,3-11,13-14,18-21H2,1-2H3,(H,32,35)(H,33,39)(H,36,40)(H2,34,37,41)/b15-12+,17-16+/t24-,26-,27?/m0/s1. The average molecular weight is 571 g/mol. The van der Waals surface area contributed by atoms with Crippen LogP contribution in [0.1, 0.15) is 96.6 Å². The first-order valence-corrected chi connectivity index (χ1v) is 15.4. The second-order valence-corrected chi connectivity index (χ2v) is 10.9. The molecule has 3 atom stereocenters. The highest BCUT2D eigenvalue weighted by atomic mass is 16.2. The molecule has 0 saturated heterocycles. The minimum Gasteiger partial charge on any atom is -0.352 e. The van der Waals surface area contributed by atoms with Gasteiger partial charge < -0.3 is 26.3 Å². The minimum absolute atomic E-state index is 0.164. The number of ketones is 1. The second-order valence-electron chi connectivity index (χ2n) is 10.9. The number of urea groups is 1. The number of aromatic nitrogens is 2. The summed E-state index contributed by atoms with van der Waals surface area (Å²) in [6.45, 7) is 5.03. The number of allylic oxidation sites excluding steroid dienone is 1. The van der Waals surface area contributed by atoms with E-state index in [9.17, 15) is 19.2 Å². The normalized spacial score (nSPS) is 20.1. The number of unbranched alkanes of at least 4 members (excludes halogenated alkanes) is 9. The van der Waals surface area contributed by atoms with Crippen LogP contribution in [0.15, 0.2) is 36.8 Å². The van der Waals surface area contributed by atoms with Gasteiger partial charge in [0.25, 0.3) is 0 Å². The Kier molecular flexibility index (Phi) is 16.8. The summed E-state index contributed by atoms with van der Waals surface area (Å²) in [4.78, 5) is 57.8. The molecule has 1 aliphatic heterocycles. The molecule has 0 bridgehead atoms. The van der Waals surface area contributed by atoms with Crippen molar-refractivity contribution in [1.82, 2.24) is 31.2 Å². The van der Waals surface area contributed by atoms with Crippen molar-refractivity contribution < 1.29 is 19.2 Å². The zero-order valence-electron chi connectivity index (χ0n) is 24.9. The third kappa shape index (κ3) is 15.2. The van der Waals surface area contributed by atoms with Gasteiger partial charge in [-0.3, -0.25) is 14.4 Å². The molecule has 4 amide bonds. The van der Waals surface area contributed by atoms with Crippen molar-refractivity contribution in [2.45, 2.75) is 109 Å². The number of aromatic amines is 1. The first kappa shape index (κ1) is 33.8. The maximum Gasteiger partial charge on any atom is 0.315 e. The Hall–Kier alpha value is -3.43. The van der Waals surface area contributed by atoms with Crippen LogP contribution in [0.3, 0.4) is 0 Å². The van der Waals surface area contributed by atoms with Crippen LogP contribution in [0.2, 0.25) is 0 Å². The first-order valence-electron chi connectivity index (χ1n) is 15.4. The fourth-order valence-electron chi connectivity index (χ4n) is 4.67. The highest BCUT2D eigenvalue weighted by Gasteiger charge is 2.26. The van der Waals surface area contributed by atoms with E-state index in [-0.39, 0.29) is 30.4 Å². The second kappa shape index (κ2) is 20.4. The van der Waals surface area contributed by atoms with Crippen molar-refractivity contribution in [3.63, 3.8) is 0 Å². The Labute approximate surface area is 245 Å². The molecule has 0 spiro atoms. The zero-order chi connectivity index (χ0) is 29.7. The van der Waals surface area contributed by atoms with E-state index < -0.39 is 24.0 Å². The van der Waals surface area contributed by atoms with E-state index >= 15 is 0 Å². The van der Waals surface area contributed by atoms with Gasteiger partial charge in [-0.2, -0.15) is 0 Å². The van der Waals surface area contributed by atoms with Gasteiger partial charge in [-0.15, -0.1) is 0 Å². The molecule has 228 valence electrons. The molecule has 1 aromatic heterocycles. The molecule has 2 rings (SSSR count). The van der Waals surface area contributed by atoms with Gasteiger partial charge >= 0.3 is 6.03 Å². The first-order chi connectivity index (χ1) is 19.9. The van der Waals surface area contributed by atoms with Crippen molar-refractivity contribution in [1.29, 1.82) is 0 Å². The summed E-state index contributed by atoms with van der Waals surface area (Å²) in [6, 6.07) is -2.16. The van der Waals surface area contributed by atoms with Crippen molar-refractivity contribution in [3.8, 4) is 0 Å². The number of amides is 4. The molecule has 10 nitrogen and oxygen atoms in total. The predicted octanol–water partition coefficient (Wildman–Crippen LogP) is 4.25. The van der Waals surface area contributed by atoms with E-state index in [1.165, 1.54) is 57.3 Å². The van der Waals surface area contributed by atoms with Gasteiger partial charge in [0.2, 0.25) is 11.8 Å². The molecule has 1 aliphatic rings. The third-order valence-corrected chi connectivity index (χ3v) is 7.10.